The van der Waals surface area contributed by atoms with Crippen LogP contribution in [0.25, 0.3) is 10.9 Å². The van der Waals surface area contributed by atoms with Crippen molar-refractivity contribution in [2.75, 3.05) is 18.1 Å². The summed E-state index contributed by atoms with van der Waals surface area (Å²) in [6.07, 6.45) is 4.98. The van der Waals surface area contributed by atoms with Crippen LogP contribution in [-0.4, -0.2) is 30.1 Å². The number of rotatable bonds is 3. The van der Waals surface area contributed by atoms with E-state index < -0.39 is 0 Å². The Kier molecular flexibility index (Phi) is 4.79. The first kappa shape index (κ1) is 19.8. The molecule has 2 unspecified atom stereocenters. The van der Waals surface area contributed by atoms with Crippen LogP contribution < -0.4 is 4.90 Å². The summed E-state index contributed by atoms with van der Waals surface area (Å²) >= 11 is 12.8. The molecule has 0 N–H and O–H groups in total. The van der Waals surface area contributed by atoms with E-state index in [4.69, 9.17) is 27.9 Å². The molecule has 150 valence electrons. The van der Waals surface area contributed by atoms with Crippen molar-refractivity contribution in [2.24, 2.45) is 10.8 Å². The van der Waals surface area contributed by atoms with Crippen molar-refractivity contribution in [1.82, 2.24) is 4.98 Å². The molecule has 28 heavy (non-hydrogen) atoms. The molecule has 2 atom stereocenters. The number of hydrogen-bond donors (Lipinski definition) is 0. The number of hydrogen-bond acceptors (Lipinski definition) is 4. The van der Waals surface area contributed by atoms with Crippen LogP contribution in [0.1, 0.15) is 57.3 Å². The maximum atomic E-state index is 12.8. The fraction of sp³-hybridized carbons (Fsp3) is 0.545. The van der Waals surface area contributed by atoms with E-state index in [1.54, 1.807) is 12.3 Å². The second-order valence-electron chi connectivity index (χ2n) is 9.37. The summed E-state index contributed by atoms with van der Waals surface area (Å²) in [7, 11) is 0. The molecule has 1 saturated carbocycles. The number of fused-ring (bicyclic) bond motifs is 3. The Morgan fingerprint density at radius 3 is 2.75 bits per heavy atom. The van der Waals surface area contributed by atoms with E-state index >= 15 is 0 Å². The van der Waals surface area contributed by atoms with E-state index in [9.17, 15) is 4.79 Å². The SMILES string of the molecule is CCOC(=O)c1cnc2c(Cl)cc(Cl)cc2c1N1CC2(C)CC1CC(C)(C)C2. The Morgan fingerprint density at radius 2 is 2.04 bits per heavy atom. The number of esters is 1. The van der Waals surface area contributed by atoms with Gasteiger partial charge < -0.3 is 9.64 Å². The molecule has 2 aliphatic rings. The first-order chi connectivity index (χ1) is 13.1. The van der Waals surface area contributed by atoms with Crippen LogP contribution in [-0.2, 0) is 4.74 Å². The smallest absolute Gasteiger partial charge is 0.341 e. The minimum atomic E-state index is -0.353. The Bertz CT molecular complexity index is 959. The quantitative estimate of drug-likeness (QED) is 0.560. The average molecular weight is 421 g/mol. The summed E-state index contributed by atoms with van der Waals surface area (Å²) in [4.78, 5) is 19.6. The lowest BCUT2D eigenvalue weighted by molar-refractivity contribution is 0.0526. The van der Waals surface area contributed by atoms with Gasteiger partial charge in [-0.1, -0.05) is 44.0 Å². The van der Waals surface area contributed by atoms with Crippen LogP contribution >= 0.6 is 23.2 Å². The molecule has 2 bridgehead atoms. The lowest BCUT2D eigenvalue weighted by Crippen LogP contribution is -2.35. The highest BCUT2D eigenvalue weighted by molar-refractivity contribution is 6.38. The highest BCUT2D eigenvalue weighted by atomic mass is 35.5. The van der Waals surface area contributed by atoms with Gasteiger partial charge in [0, 0.05) is 29.2 Å². The van der Waals surface area contributed by atoms with Crippen LogP contribution in [0.5, 0.6) is 0 Å². The maximum absolute atomic E-state index is 12.8. The molecular formula is C22H26Cl2N2O2. The highest BCUT2D eigenvalue weighted by Gasteiger charge is 2.50. The molecular weight excluding hydrogens is 395 g/mol. The lowest BCUT2D eigenvalue weighted by atomic mass is 9.65. The van der Waals surface area contributed by atoms with Crippen molar-refractivity contribution in [3.63, 3.8) is 0 Å². The normalized spacial score (nSPS) is 25.9. The first-order valence-electron chi connectivity index (χ1n) is 9.84. The second kappa shape index (κ2) is 6.77. The molecule has 1 aromatic heterocycles. The van der Waals surface area contributed by atoms with Gasteiger partial charge in [0.1, 0.15) is 5.56 Å². The first-order valence-corrected chi connectivity index (χ1v) is 10.6. The number of carbonyl (C=O) groups is 1. The van der Waals surface area contributed by atoms with Crippen LogP contribution in [0, 0.1) is 10.8 Å². The average Bonchev–Trinajstić information content (AvgIpc) is 2.82. The second-order valence-corrected chi connectivity index (χ2v) is 10.2. The Balaban J connectivity index is 1.94. The molecule has 2 heterocycles. The predicted molar refractivity (Wildman–Crippen MR) is 115 cm³/mol. The van der Waals surface area contributed by atoms with Gasteiger partial charge in [0.2, 0.25) is 0 Å². The molecule has 0 amide bonds. The molecule has 1 aromatic carbocycles. The summed E-state index contributed by atoms with van der Waals surface area (Å²) in [5.74, 6) is -0.353. The summed E-state index contributed by atoms with van der Waals surface area (Å²) in [5.41, 5.74) is 2.51. The molecule has 4 rings (SSSR count). The molecule has 0 radical (unpaired) electrons. The van der Waals surface area contributed by atoms with Gasteiger partial charge in [-0.3, -0.25) is 4.98 Å². The van der Waals surface area contributed by atoms with Gasteiger partial charge in [-0.15, -0.1) is 0 Å². The predicted octanol–water partition coefficient (Wildman–Crippen LogP) is 6.12. The van der Waals surface area contributed by atoms with Gasteiger partial charge in [0.05, 0.1) is 22.8 Å². The zero-order chi connectivity index (χ0) is 20.3. The van der Waals surface area contributed by atoms with Gasteiger partial charge in [0.25, 0.3) is 0 Å². The minimum absolute atomic E-state index is 0.219. The van der Waals surface area contributed by atoms with Crippen LogP contribution in [0.3, 0.4) is 0 Å². The van der Waals surface area contributed by atoms with E-state index in [0.717, 1.165) is 30.5 Å². The van der Waals surface area contributed by atoms with E-state index in [-0.39, 0.29) is 16.8 Å². The van der Waals surface area contributed by atoms with Gasteiger partial charge in [-0.2, -0.15) is 0 Å². The number of nitrogens with zero attached hydrogens (tertiary/aromatic N) is 2. The zero-order valence-electron chi connectivity index (χ0n) is 16.8. The van der Waals surface area contributed by atoms with E-state index in [2.05, 4.69) is 30.7 Å². The third-order valence-corrected chi connectivity index (χ3v) is 6.56. The topological polar surface area (TPSA) is 42.4 Å². The summed E-state index contributed by atoms with van der Waals surface area (Å²) in [6, 6.07) is 3.92. The number of benzene rings is 1. The fourth-order valence-corrected chi connectivity index (χ4v) is 6.14. The number of anilines is 1. The summed E-state index contributed by atoms with van der Waals surface area (Å²) < 4.78 is 5.34. The highest BCUT2D eigenvalue weighted by Crippen LogP contribution is 2.54. The number of halogens is 2. The largest absolute Gasteiger partial charge is 0.462 e. The molecule has 1 aliphatic carbocycles. The minimum Gasteiger partial charge on any atom is -0.462 e. The molecule has 2 fully saturated rings. The molecule has 1 aliphatic heterocycles. The van der Waals surface area contributed by atoms with Gasteiger partial charge in [-0.25, -0.2) is 4.79 Å². The van der Waals surface area contributed by atoms with Gasteiger partial charge in [-0.05, 0) is 49.1 Å². The number of pyridine rings is 1. The monoisotopic (exact) mass is 420 g/mol. The third-order valence-electron chi connectivity index (χ3n) is 6.06. The zero-order valence-corrected chi connectivity index (χ0v) is 18.3. The van der Waals surface area contributed by atoms with E-state index in [1.807, 2.05) is 13.0 Å². The lowest BCUT2D eigenvalue weighted by Gasteiger charge is -2.39. The molecule has 1 saturated heterocycles. The standard InChI is InChI=1S/C22H26Cl2N2O2/c1-5-28-20(27)16-10-25-18-15(6-13(23)7-17(18)24)19(16)26-12-22(4)9-14(26)8-21(2,3)11-22/h6-7,10,14H,5,8-9,11-12H2,1-4H3. The molecule has 0 spiro atoms. The van der Waals surface area contributed by atoms with Gasteiger partial charge in [0.15, 0.2) is 0 Å². The van der Waals surface area contributed by atoms with Crippen LogP contribution in [0.15, 0.2) is 18.3 Å². The van der Waals surface area contributed by atoms with Crippen molar-refractivity contribution in [1.29, 1.82) is 0 Å². The molecule has 6 heteroatoms. The van der Waals surface area contributed by atoms with Crippen molar-refractivity contribution in [3.05, 3.63) is 33.9 Å². The summed E-state index contributed by atoms with van der Waals surface area (Å²) in [5, 5.41) is 1.85. The van der Waals surface area contributed by atoms with E-state index in [1.165, 1.54) is 6.42 Å². The van der Waals surface area contributed by atoms with Gasteiger partial charge >= 0.3 is 5.97 Å². The fourth-order valence-electron chi connectivity index (χ4n) is 5.60. The number of ether oxygens (including phenoxy) is 1. The van der Waals surface area contributed by atoms with E-state index in [0.29, 0.717) is 33.8 Å². The van der Waals surface area contributed by atoms with Crippen LogP contribution in [0.2, 0.25) is 10.0 Å². The Morgan fingerprint density at radius 1 is 1.29 bits per heavy atom. The van der Waals surface area contributed by atoms with Crippen molar-refractivity contribution in [2.45, 2.75) is 53.0 Å². The van der Waals surface area contributed by atoms with Crippen molar-refractivity contribution < 1.29 is 9.53 Å². The number of carbonyl (C=O) groups excluding carboxylic acids is 1. The molecule has 2 aromatic rings. The van der Waals surface area contributed by atoms with Crippen LogP contribution in [0.4, 0.5) is 5.69 Å². The molecule has 4 nitrogen and oxygen atoms in total. The summed E-state index contributed by atoms with van der Waals surface area (Å²) in [6.45, 7) is 10.1. The third kappa shape index (κ3) is 3.35. The maximum Gasteiger partial charge on any atom is 0.341 e. The van der Waals surface area contributed by atoms with Crippen molar-refractivity contribution in [3.8, 4) is 0 Å². The Labute approximate surface area is 176 Å². The Hall–Kier alpha value is -1.52. The van der Waals surface area contributed by atoms with Crippen molar-refractivity contribution >= 4 is 45.8 Å². The number of aromatic nitrogens is 1.